The van der Waals surface area contributed by atoms with Crippen molar-refractivity contribution < 1.29 is 13.2 Å². The molecule has 2 aromatic rings. The van der Waals surface area contributed by atoms with Gasteiger partial charge in [-0.05, 0) is 48.1 Å². The van der Waals surface area contributed by atoms with Gasteiger partial charge in [-0.2, -0.15) is 13.2 Å². The third-order valence-electron chi connectivity index (χ3n) is 5.10. The summed E-state index contributed by atoms with van der Waals surface area (Å²) < 4.78 is 31.1. The first-order valence-corrected chi connectivity index (χ1v) is 11.6. The van der Waals surface area contributed by atoms with Crippen LogP contribution in [0.15, 0.2) is 91.3 Å². The van der Waals surface area contributed by atoms with E-state index in [2.05, 4.69) is 120 Å². The second-order valence-electron chi connectivity index (χ2n) is 9.65. The van der Waals surface area contributed by atoms with Crippen LogP contribution in [0.25, 0.3) is 5.70 Å². The van der Waals surface area contributed by atoms with Gasteiger partial charge in [0.25, 0.3) is 0 Å². The van der Waals surface area contributed by atoms with E-state index in [-0.39, 0.29) is 12.3 Å². The number of hydrogen-bond acceptors (Lipinski definition) is 2. The van der Waals surface area contributed by atoms with Gasteiger partial charge in [0.1, 0.15) is 0 Å². The topological polar surface area (TPSA) is 24.1 Å². The molecular formula is C30H39F3N2. The van der Waals surface area contributed by atoms with Gasteiger partial charge in [-0.1, -0.05) is 95.0 Å². The highest BCUT2D eigenvalue weighted by molar-refractivity contribution is 5.75. The van der Waals surface area contributed by atoms with E-state index in [9.17, 15) is 13.2 Å². The number of rotatable bonds is 9. The molecule has 0 saturated carbocycles. The standard InChI is InChI=1S/C28H36N2.C2H3F3/c1-9-26(28(6,7)8)19-22(4)29-21(3)18-24-12-16-27(17-13-24)30-23(5)25-14-10-20(2)11-15-25;1-2(3,4)5/h10-17,19,29-30H,3-5,9,18H2,1-2,6-8H3;1H3/b26-19+;. The molecule has 0 aliphatic carbocycles. The Labute approximate surface area is 209 Å². The number of hydrogen-bond donors (Lipinski definition) is 2. The average Bonchev–Trinajstić information content (AvgIpc) is 2.71. The molecule has 0 heterocycles. The van der Waals surface area contributed by atoms with Crippen LogP contribution in [0.1, 0.15) is 57.7 Å². The Kier molecular flexibility index (Phi) is 11.1. The van der Waals surface area contributed by atoms with E-state index in [0.29, 0.717) is 0 Å². The molecule has 0 saturated heterocycles. The summed E-state index contributed by atoms with van der Waals surface area (Å²) in [5.74, 6) is 0. The van der Waals surface area contributed by atoms with E-state index >= 15 is 0 Å². The normalized spacial score (nSPS) is 11.7. The Morgan fingerprint density at radius 2 is 1.40 bits per heavy atom. The van der Waals surface area contributed by atoms with Crippen molar-refractivity contribution in [1.82, 2.24) is 5.32 Å². The number of benzene rings is 2. The highest BCUT2D eigenvalue weighted by atomic mass is 19.4. The van der Waals surface area contributed by atoms with Crippen molar-refractivity contribution in [3.63, 3.8) is 0 Å². The summed E-state index contributed by atoms with van der Waals surface area (Å²) in [5.41, 5.74) is 8.79. The van der Waals surface area contributed by atoms with E-state index < -0.39 is 6.18 Å². The number of anilines is 1. The van der Waals surface area contributed by atoms with Gasteiger partial charge >= 0.3 is 6.18 Å². The molecule has 0 spiro atoms. The molecule has 0 radical (unpaired) electrons. The quantitative estimate of drug-likeness (QED) is 0.347. The van der Waals surface area contributed by atoms with Crippen LogP contribution in [0.5, 0.6) is 0 Å². The van der Waals surface area contributed by atoms with Crippen molar-refractivity contribution in [2.24, 2.45) is 5.41 Å². The van der Waals surface area contributed by atoms with Crippen LogP contribution >= 0.6 is 0 Å². The van der Waals surface area contributed by atoms with Crippen LogP contribution in [0.2, 0.25) is 0 Å². The molecular weight excluding hydrogens is 445 g/mol. The largest absolute Gasteiger partial charge is 0.386 e. The molecule has 0 aromatic heterocycles. The molecule has 190 valence electrons. The summed E-state index contributed by atoms with van der Waals surface area (Å²) in [5, 5.41) is 6.72. The molecule has 2 nitrogen and oxygen atoms in total. The smallest absolute Gasteiger partial charge is 0.360 e. The fourth-order valence-electron chi connectivity index (χ4n) is 3.32. The van der Waals surface area contributed by atoms with Crippen LogP contribution in [-0.2, 0) is 6.42 Å². The molecule has 0 aliphatic heterocycles. The summed E-state index contributed by atoms with van der Waals surface area (Å²) in [7, 11) is 0. The minimum absolute atomic E-state index is 0.145. The van der Waals surface area contributed by atoms with Gasteiger partial charge in [0, 0.05) is 36.1 Å². The first-order valence-electron chi connectivity index (χ1n) is 11.6. The van der Waals surface area contributed by atoms with Gasteiger partial charge in [-0.3, -0.25) is 0 Å². The summed E-state index contributed by atoms with van der Waals surface area (Å²) >= 11 is 0. The first-order chi connectivity index (χ1) is 16.1. The van der Waals surface area contributed by atoms with Crippen molar-refractivity contribution in [2.75, 3.05) is 5.32 Å². The summed E-state index contributed by atoms with van der Waals surface area (Å²) in [6.07, 6.45) is -0.0864. The van der Waals surface area contributed by atoms with Gasteiger partial charge in [0.2, 0.25) is 0 Å². The Balaban J connectivity index is 0.00000111. The van der Waals surface area contributed by atoms with Crippen LogP contribution in [0.4, 0.5) is 18.9 Å². The number of halogens is 3. The van der Waals surface area contributed by atoms with Crippen molar-refractivity contribution in [3.05, 3.63) is 108 Å². The summed E-state index contributed by atoms with van der Waals surface area (Å²) in [6.45, 7) is 23.6. The van der Waals surface area contributed by atoms with E-state index in [0.717, 1.165) is 41.2 Å². The zero-order valence-corrected chi connectivity index (χ0v) is 21.9. The molecule has 2 rings (SSSR count). The molecule has 0 fully saturated rings. The monoisotopic (exact) mass is 484 g/mol. The van der Waals surface area contributed by atoms with Gasteiger partial charge in [0.15, 0.2) is 0 Å². The number of aryl methyl sites for hydroxylation is 1. The second kappa shape index (κ2) is 13.0. The summed E-state index contributed by atoms with van der Waals surface area (Å²) in [6, 6.07) is 16.7. The molecule has 0 aliphatic rings. The van der Waals surface area contributed by atoms with E-state index in [4.69, 9.17) is 0 Å². The maximum atomic E-state index is 10.4. The first kappa shape index (κ1) is 29.8. The lowest BCUT2D eigenvalue weighted by molar-refractivity contribution is -0.110. The highest BCUT2D eigenvalue weighted by Crippen LogP contribution is 2.28. The van der Waals surface area contributed by atoms with Crippen molar-refractivity contribution in [3.8, 4) is 0 Å². The fraction of sp³-hybridized carbons (Fsp3) is 0.333. The molecule has 0 amide bonds. The second-order valence-corrected chi connectivity index (χ2v) is 9.65. The van der Waals surface area contributed by atoms with Gasteiger partial charge in [-0.25, -0.2) is 0 Å². The zero-order valence-electron chi connectivity index (χ0n) is 21.9. The average molecular weight is 485 g/mol. The lowest BCUT2D eigenvalue weighted by Crippen LogP contribution is -2.15. The fourth-order valence-corrected chi connectivity index (χ4v) is 3.32. The molecule has 35 heavy (non-hydrogen) atoms. The van der Waals surface area contributed by atoms with Crippen molar-refractivity contribution in [2.45, 2.75) is 60.6 Å². The molecule has 0 atom stereocenters. The van der Waals surface area contributed by atoms with E-state index in [1.807, 2.05) is 0 Å². The third-order valence-corrected chi connectivity index (χ3v) is 5.10. The molecule has 0 unspecified atom stereocenters. The molecule has 5 heteroatoms. The maximum Gasteiger partial charge on any atom is 0.386 e. The van der Waals surface area contributed by atoms with Crippen LogP contribution < -0.4 is 10.6 Å². The van der Waals surface area contributed by atoms with Gasteiger partial charge < -0.3 is 10.6 Å². The third kappa shape index (κ3) is 12.7. The Bertz CT molecular complexity index is 1010. The summed E-state index contributed by atoms with van der Waals surface area (Å²) in [4.78, 5) is 0. The van der Waals surface area contributed by atoms with Crippen LogP contribution in [-0.4, -0.2) is 6.18 Å². The SMILES string of the molecule is C=C(/C=C(\CC)C(C)(C)C)NC(=C)Cc1ccc(NC(=C)c2ccc(C)cc2)cc1.CC(F)(F)F. The van der Waals surface area contributed by atoms with Crippen LogP contribution in [0, 0.1) is 12.3 Å². The zero-order chi connectivity index (χ0) is 26.8. The minimum atomic E-state index is -4.00. The van der Waals surface area contributed by atoms with E-state index in [1.165, 1.54) is 16.7 Å². The Morgan fingerprint density at radius 1 is 0.886 bits per heavy atom. The molecule has 2 N–H and O–H groups in total. The lowest BCUT2D eigenvalue weighted by atomic mass is 9.84. The van der Waals surface area contributed by atoms with Gasteiger partial charge in [0.05, 0.1) is 0 Å². The van der Waals surface area contributed by atoms with Crippen LogP contribution in [0.3, 0.4) is 0 Å². The number of allylic oxidation sites excluding steroid dienone is 3. The predicted octanol–water partition coefficient (Wildman–Crippen LogP) is 9.19. The van der Waals surface area contributed by atoms with E-state index in [1.54, 1.807) is 0 Å². The molecule has 0 bridgehead atoms. The Morgan fingerprint density at radius 3 is 1.86 bits per heavy atom. The Hall–Kier alpha value is -3.21. The maximum absolute atomic E-state index is 10.4. The van der Waals surface area contributed by atoms with Crippen molar-refractivity contribution in [1.29, 1.82) is 0 Å². The predicted molar refractivity (Wildman–Crippen MR) is 145 cm³/mol. The number of alkyl halides is 3. The highest BCUT2D eigenvalue weighted by Gasteiger charge is 2.16. The molecule has 2 aromatic carbocycles. The number of nitrogens with one attached hydrogen (secondary N) is 2. The van der Waals surface area contributed by atoms with Gasteiger partial charge in [-0.15, -0.1) is 0 Å². The minimum Gasteiger partial charge on any atom is -0.360 e. The van der Waals surface area contributed by atoms with Crippen molar-refractivity contribution >= 4 is 11.4 Å². The lowest BCUT2D eigenvalue weighted by Gasteiger charge is -2.23.